The van der Waals surface area contributed by atoms with Crippen LogP contribution in [0.15, 0.2) is 127 Å². The molecule has 13 rings (SSSR count). The van der Waals surface area contributed by atoms with E-state index >= 15 is 26.3 Å². The van der Waals surface area contributed by atoms with E-state index in [2.05, 4.69) is 65.9 Å². The molecule has 7 aromatic carbocycles. The van der Waals surface area contributed by atoms with Gasteiger partial charge in [0.05, 0.1) is 56.2 Å². The molecule has 86 heavy (non-hydrogen) atoms. The van der Waals surface area contributed by atoms with Crippen LogP contribution in [0.3, 0.4) is 0 Å². The minimum Gasteiger partial charge on any atom is -0.309 e. The summed E-state index contributed by atoms with van der Waals surface area (Å²) in [7, 11) is 0. The van der Waals surface area contributed by atoms with Crippen molar-refractivity contribution in [3.63, 3.8) is 0 Å². The molecule has 0 unspecified atom stereocenters. The molecule has 0 atom stereocenters. The number of benzene rings is 7. The van der Waals surface area contributed by atoms with Crippen molar-refractivity contribution in [2.24, 2.45) is 0 Å². The van der Waals surface area contributed by atoms with Gasteiger partial charge in [0, 0.05) is 54.9 Å². The predicted molar refractivity (Wildman–Crippen MR) is 314 cm³/mol. The van der Waals surface area contributed by atoms with Gasteiger partial charge in [-0.25, -0.2) is 59.8 Å². The maximum atomic E-state index is 15.1. The normalized spacial score (nSPS) is 12.1. The summed E-state index contributed by atoms with van der Waals surface area (Å²) in [6.07, 6.45) is -10.4. The van der Waals surface area contributed by atoms with Crippen LogP contribution in [-0.2, 0) is 12.4 Å². The zero-order chi connectivity index (χ0) is 60.2. The Labute approximate surface area is 485 Å². The first-order valence-corrected chi connectivity index (χ1v) is 27.0. The third-order valence-electron chi connectivity index (χ3n) is 14.8. The van der Waals surface area contributed by atoms with Crippen LogP contribution in [0.2, 0.25) is 0 Å². The summed E-state index contributed by atoms with van der Waals surface area (Å²) in [5, 5.41) is 14.2. The number of alkyl halides is 6. The fourth-order valence-electron chi connectivity index (χ4n) is 11.5. The molecule has 15 nitrogen and oxygen atoms in total. The van der Waals surface area contributed by atoms with Gasteiger partial charge >= 0.3 is 12.4 Å². The Morgan fingerprint density at radius 2 is 0.640 bits per heavy atom. The molecule has 6 aromatic heterocycles. The maximum absolute atomic E-state index is 15.1. The second-order valence-corrected chi connectivity index (χ2v) is 20.9. The number of hydrogen-bond donors (Lipinski definition) is 0. The molecule has 6 heterocycles. The number of hydrogen-bond acceptors (Lipinski definition) is 13. The Morgan fingerprint density at radius 3 is 0.942 bits per heavy atom. The first-order chi connectivity index (χ1) is 41.1. The van der Waals surface area contributed by atoms with E-state index in [1.807, 2.05) is 81.9 Å². The number of fused-ring (bicyclic) bond motifs is 6. The highest BCUT2D eigenvalue weighted by atomic mass is 19.4. The van der Waals surface area contributed by atoms with Gasteiger partial charge in [-0.1, -0.05) is 18.2 Å². The van der Waals surface area contributed by atoms with E-state index in [-0.39, 0.29) is 28.3 Å². The molecule has 0 saturated carbocycles. The Bertz CT molecular complexity index is 4730. The Kier molecular flexibility index (Phi) is 12.8. The van der Waals surface area contributed by atoms with Crippen LogP contribution in [0.1, 0.15) is 63.3 Å². The van der Waals surface area contributed by atoms with Crippen molar-refractivity contribution in [3.05, 3.63) is 191 Å². The van der Waals surface area contributed by atoms with Gasteiger partial charge in [0.25, 0.3) is 0 Å². The lowest BCUT2D eigenvalue weighted by Crippen LogP contribution is -2.11. The smallest absolute Gasteiger partial charge is 0.309 e. The summed E-state index contributed by atoms with van der Waals surface area (Å²) in [6, 6.07) is 36.4. The molecular weight excluding hydrogens is 1100 g/mol. The SMILES string of the molecule is Cc1nc(C)nc(-c2ccc3c(c2)c2cc(-c4nc(C)nc(C)n4)ccc2n3-c2cccc(C#N)c2-c2c(-c3cc(C(F)(F)F)cc(C(F)(F)F)c3)cccc2-n2c3ccc(-c4nc(C)nc(C)n4)cc3c3cc(-c4nc(C)nc(C)n4)ccc32)n1. The topological polar surface area (TPSA) is 188 Å². The second kappa shape index (κ2) is 20.3. The summed E-state index contributed by atoms with van der Waals surface area (Å²) < 4.78 is 94.3. The van der Waals surface area contributed by atoms with Gasteiger partial charge in [0.15, 0.2) is 23.3 Å². The van der Waals surface area contributed by atoms with Crippen LogP contribution in [0.5, 0.6) is 0 Å². The molecule has 0 amide bonds. The second-order valence-electron chi connectivity index (χ2n) is 20.9. The van der Waals surface area contributed by atoms with E-state index in [0.29, 0.717) is 159 Å². The first-order valence-electron chi connectivity index (χ1n) is 27.0. The molecule has 422 valence electrons. The van der Waals surface area contributed by atoms with E-state index in [0.717, 1.165) is 0 Å². The van der Waals surface area contributed by atoms with Gasteiger partial charge in [0.2, 0.25) is 0 Å². The number of rotatable bonds is 8. The van der Waals surface area contributed by atoms with Crippen molar-refractivity contribution in [2.45, 2.75) is 67.7 Å². The zero-order valence-electron chi connectivity index (χ0n) is 47.1. The van der Waals surface area contributed by atoms with E-state index in [1.54, 1.807) is 85.7 Å². The van der Waals surface area contributed by atoms with Crippen molar-refractivity contribution in [1.29, 1.82) is 5.26 Å². The van der Waals surface area contributed by atoms with Gasteiger partial charge < -0.3 is 9.13 Å². The van der Waals surface area contributed by atoms with Gasteiger partial charge in [0.1, 0.15) is 46.6 Å². The zero-order valence-corrected chi connectivity index (χ0v) is 47.1. The van der Waals surface area contributed by atoms with Crippen LogP contribution in [0.4, 0.5) is 26.3 Å². The van der Waals surface area contributed by atoms with Crippen molar-refractivity contribution >= 4 is 43.6 Å². The van der Waals surface area contributed by atoms with Gasteiger partial charge in [-0.05, 0) is 176 Å². The van der Waals surface area contributed by atoms with Gasteiger partial charge in [-0.15, -0.1) is 0 Å². The minimum atomic E-state index is -5.20. The molecule has 0 aliphatic rings. The molecule has 13 aromatic rings. The molecule has 0 spiro atoms. The number of nitriles is 1. The van der Waals surface area contributed by atoms with Crippen LogP contribution in [-0.4, -0.2) is 68.9 Å². The van der Waals surface area contributed by atoms with Gasteiger partial charge in [-0.2, -0.15) is 31.6 Å². The fraction of sp³-hybridized carbons (Fsp3) is 0.154. The van der Waals surface area contributed by atoms with Crippen molar-refractivity contribution in [1.82, 2.24) is 68.9 Å². The average Bonchev–Trinajstić information content (AvgIpc) is 1.56. The molecular formula is C65H45F6N15. The number of aryl methyl sites for hydroxylation is 8. The van der Waals surface area contributed by atoms with Crippen LogP contribution >= 0.6 is 0 Å². The summed E-state index contributed by atoms with van der Waals surface area (Å²) in [4.78, 5) is 55.0. The van der Waals surface area contributed by atoms with Crippen LogP contribution in [0.25, 0.3) is 123 Å². The van der Waals surface area contributed by atoms with Crippen molar-refractivity contribution in [2.75, 3.05) is 0 Å². The molecule has 0 aliphatic carbocycles. The number of nitrogens with zero attached hydrogens (tertiary/aromatic N) is 15. The molecule has 0 fully saturated rings. The largest absolute Gasteiger partial charge is 0.416 e. The summed E-state index contributed by atoms with van der Waals surface area (Å²) in [5.41, 5.74) is 2.56. The third kappa shape index (κ3) is 9.63. The lowest BCUT2D eigenvalue weighted by molar-refractivity contribution is -0.143. The summed E-state index contributed by atoms with van der Waals surface area (Å²) in [6.45, 7) is 14.2. The lowest BCUT2D eigenvalue weighted by Gasteiger charge is -2.23. The maximum Gasteiger partial charge on any atom is 0.416 e. The van der Waals surface area contributed by atoms with Crippen molar-refractivity contribution in [3.8, 4) is 85.2 Å². The van der Waals surface area contributed by atoms with Crippen molar-refractivity contribution < 1.29 is 26.3 Å². The number of halogens is 6. The van der Waals surface area contributed by atoms with E-state index < -0.39 is 29.0 Å². The average molecular weight is 1150 g/mol. The highest BCUT2D eigenvalue weighted by Gasteiger charge is 2.38. The van der Waals surface area contributed by atoms with Gasteiger partial charge in [-0.3, -0.25) is 0 Å². The summed E-state index contributed by atoms with van der Waals surface area (Å²) >= 11 is 0. The molecule has 0 aliphatic heterocycles. The third-order valence-corrected chi connectivity index (χ3v) is 14.8. The highest BCUT2D eigenvalue weighted by Crippen LogP contribution is 2.49. The predicted octanol–water partition coefficient (Wildman–Crippen LogP) is 15.0. The van der Waals surface area contributed by atoms with E-state index in [1.165, 1.54) is 6.07 Å². The molecule has 0 N–H and O–H groups in total. The lowest BCUT2D eigenvalue weighted by atomic mass is 9.87. The standard InChI is InChI=1S/C65H45F6N15/c1-31-73-32(2)78-60(77-31)39-15-19-52-48(25-39)49-26-40(61-79-33(3)74-34(4)80-61)16-20-53(49)85(52)56-13-9-11-43(30-72)58(56)59-47(44-23-45(64(66,67)68)29-46(24-44)65(69,70)71)12-10-14-57(59)86-54-21-17-41(62-81-35(5)75-36(6)82-62)27-50(54)51-28-42(18-22-55(51)86)63-83-37(7)76-38(8)84-63/h9-29H,1-8H3. The molecule has 0 saturated heterocycles. The van der Waals surface area contributed by atoms with Crippen LogP contribution in [0, 0.1) is 66.7 Å². The monoisotopic (exact) mass is 1150 g/mol. The quantitative estimate of drug-likeness (QED) is 0.131. The van der Waals surface area contributed by atoms with E-state index in [9.17, 15) is 5.26 Å². The highest BCUT2D eigenvalue weighted by molar-refractivity contribution is 6.14. The minimum absolute atomic E-state index is 0.0370. The molecule has 0 radical (unpaired) electrons. The molecule has 0 bridgehead atoms. The Morgan fingerprint density at radius 1 is 0.337 bits per heavy atom. The Balaban J connectivity index is 1.17. The number of aromatic nitrogens is 14. The van der Waals surface area contributed by atoms with Crippen LogP contribution < -0.4 is 0 Å². The summed E-state index contributed by atoms with van der Waals surface area (Å²) in [5.74, 6) is 5.70. The van der Waals surface area contributed by atoms with E-state index in [4.69, 9.17) is 0 Å². The molecule has 21 heteroatoms. The Hall–Kier alpha value is -10.8. The fourth-order valence-corrected chi connectivity index (χ4v) is 11.5. The first kappa shape index (κ1) is 54.5.